The van der Waals surface area contributed by atoms with Gasteiger partial charge in [-0.15, -0.1) is 0 Å². The van der Waals surface area contributed by atoms with Crippen molar-refractivity contribution >= 4 is 11.8 Å². The number of piperidine rings is 1. The lowest BCUT2D eigenvalue weighted by molar-refractivity contribution is -0.136. The summed E-state index contributed by atoms with van der Waals surface area (Å²) in [6.45, 7) is 15.4. The molecule has 0 aromatic heterocycles. The van der Waals surface area contributed by atoms with Crippen molar-refractivity contribution in [3.8, 4) is 0 Å². The van der Waals surface area contributed by atoms with Crippen molar-refractivity contribution in [2.75, 3.05) is 59.4 Å². The topological polar surface area (TPSA) is 47.1 Å². The van der Waals surface area contributed by atoms with Gasteiger partial charge >= 0.3 is 0 Å². The standard InChI is InChI=1S/C25H40N4O2/c1-19-6-7-23(22(4)13-19)16-26(5)24(30)17-27-8-10-28(11-9-27)18-25(31)29-14-20(2)12-21(3)15-29/h6-7,13,20-21H,8-12,14-18H2,1-5H3/t20-,21-/m1/s1. The molecule has 0 spiro atoms. The van der Waals surface area contributed by atoms with E-state index in [1.807, 2.05) is 11.9 Å². The minimum Gasteiger partial charge on any atom is -0.341 e. The van der Waals surface area contributed by atoms with E-state index in [4.69, 9.17) is 0 Å². The number of likely N-dealkylation sites (tertiary alicyclic amines) is 1. The first kappa shape index (κ1) is 23.7. The number of rotatable bonds is 6. The molecule has 2 aliphatic heterocycles. The number of benzene rings is 1. The van der Waals surface area contributed by atoms with Crippen molar-refractivity contribution in [2.24, 2.45) is 11.8 Å². The first-order valence-corrected chi connectivity index (χ1v) is 11.7. The highest BCUT2D eigenvalue weighted by molar-refractivity contribution is 5.79. The Hall–Kier alpha value is -1.92. The van der Waals surface area contributed by atoms with Crippen molar-refractivity contribution in [1.82, 2.24) is 19.6 Å². The Morgan fingerprint density at radius 1 is 0.968 bits per heavy atom. The normalized spacial score (nSPS) is 23.1. The smallest absolute Gasteiger partial charge is 0.236 e. The summed E-state index contributed by atoms with van der Waals surface area (Å²) in [7, 11) is 1.89. The second-order valence-electron chi connectivity index (χ2n) is 9.98. The Labute approximate surface area is 188 Å². The molecule has 0 bridgehead atoms. The monoisotopic (exact) mass is 428 g/mol. The maximum absolute atomic E-state index is 12.7. The number of carbonyl (C=O) groups is 2. The van der Waals surface area contributed by atoms with Gasteiger partial charge in [0.05, 0.1) is 13.1 Å². The van der Waals surface area contributed by atoms with Crippen molar-refractivity contribution in [2.45, 2.75) is 40.7 Å². The van der Waals surface area contributed by atoms with Crippen LogP contribution in [-0.4, -0.2) is 90.8 Å². The summed E-state index contributed by atoms with van der Waals surface area (Å²) < 4.78 is 0. The molecule has 0 saturated carbocycles. The largest absolute Gasteiger partial charge is 0.341 e. The second-order valence-corrected chi connectivity index (χ2v) is 9.98. The van der Waals surface area contributed by atoms with Crippen LogP contribution in [0.15, 0.2) is 18.2 Å². The maximum Gasteiger partial charge on any atom is 0.236 e. The van der Waals surface area contributed by atoms with Crippen LogP contribution in [0.25, 0.3) is 0 Å². The summed E-state index contributed by atoms with van der Waals surface area (Å²) in [4.78, 5) is 33.8. The zero-order valence-electron chi connectivity index (χ0n) is 20.1. The predicted octanol–water partition coefficient (Wildman–Crippen LogP) is 2.38. The van der Waals surface area contributed by atoms with Crippen molar-refractivity contribution < 1.29 is 9.59 Å². The summed E-state index contributed by atoms with van der Waals surface area (Å²) >= 11 is 0. The summed E-state index contributed by atoms with van der Waals surface area (Å²) in [5, 5.41) is 0. The average molecular weight is 429 g/mol. The molecule has 1 aromatic rings. The summed E-state index contributed by atoms with van der Waals surface area (Å²) in [6.07, 6.45) is 1.22. The van der Waals surface area contributed by atoms with Gasteiger partial charge in [-0.2, -0.15) is 0 Å². The van der Waals surface area contributed by atoms with Gasteiger partial charge in [0.2, 0.25) is 11.8 Å². The van der Waals surface area contributed by atoms with E-state index in [0.717, 1.165) is 39.3 Å². The van der Waals surface area contributed by atoms with Gasteiger partial charge in [0.15, 0.2) is 0 Å². The third-order valence-corrected chi connectivity index (χ3v) is 6.74. The SMILES string of the molecule is Cc1ccc(CN(C)C(=O)CN2CCN(CC(=O)N3C[C@H](C)C[C@@H](C)C3)CC2)c(C)c1. The summed E-state index contributed by atoms with van der Waals surface area (Å²) in [5.74, 6) is 1.60. The fraction of sp³-hybridized carbons (Fsp3) is 0.680. The molecule has 2 amide bonds. The molecule has 6 nitrogen and oxygen atoms in total. The fourth-order valence-electron chi connectivity index (χ4n) is 4.94. The molecule has 31 heavy (non-hydrogen) atoms. The molecule has 2 atom stereocenters. The number of piperazine rings is 1. The van der Waals surface area contributed by atoms with Gasteiger partial charge in [-0.3, -0.25) is 19.4 Å². The van der Waals surface area contributed by atoms with E-state index in [1.165, 1.54) is 23.1 Å². The van der Waals surface area contributed by atoms with E-state index in [9.17, 15) is 9.59 Å². The van der Waals surface area contributed by atoms with Crippen molar-refractivity contribution in [3.05, 3.63) is 34.9 Å². The number of amides is 2. The van der Waals surface area contributed by atoms with E-state index in [1.54, 1.807) is 0 Å². The van der Waals surface area contributed by atoms with Gasteiger partial charge in [0, 0.05) is 52.9 Å². The van der Waals surface area contributed by atoms with E-state index in [2.05, 4.69) is 60.6 Å². The molecule has 2 saturated heterocycles. The van der Waals surface area contributed by atoms with Crippen LogP contribution in [0.2, 0.25) is 0 Å². The molecule has 1 aromatic carbocycles. The van der Waals surface area contributed by atoms with E-state index in [-0.39, 0.29) is 11.8 Å². The number of hydrogen-bond donors (Lipinski definition) is 0. The Morgan fingerprint density at radius 3 is 2.13 bits per heavy atom. The molecule has 2 aliphatic rings. The molecule has 2 fully saturated rings. The van der Waals surface area contributed by atoms with E-state index in [0.29, 0.717) is 31.5 Å². The van der Waals surface area contributed by atoms with E-state index < -0.39 is 0 Å². The highest BCUT2D eigenvalue weighted by atomic mass is 16.2. The molecule has 6 heteroatoms. The van der Waals surface area contributed by atoms with Crippen LogP contribution in [0.3, 0.4) is 0 Å². The van der Waals surface area contributed by atoms with E-state index >= 15 is 0 Å². The Balaban J connectivity index is 1.41. The first-order valence-electron chi connectivity index (χ1n) is 11.7. The van der Waals surface area contributed by atoms with Crippen molar-refractivity contribution in [3.63, 3.8) is 0 Å². The number of aryl methyl sites for hydroxylation is 2. The Kier molecular flexibility index (Phi) is 8.11. The minimum atomic E-state index is 0.154. The number of likely N-dealkylation sites (N-methyl/N-ethyl adjacent to an activating group) is 1. The average Bonchev–Trinajstić information content (AvgIpc) is 2.70. The predicted molar refractivity (Wildman–Crippen MR) is 125 cm³/mol. The van der Waals surface area contributed by atoms with Crippen molar-refractivity contribution in [1.29, 1.82) is 0 Å². The molecule has 172 valence electrons. The summed E-state index contributed by atoms with van der Waals surface area (Å²) in [5.41, 5.74) is 3.68. The molecule has 3 rings (SSSR count). The number of nitrogens with zero attached hydrogens (tertiary/aromatic N) is 4. The fourth-order valence-corrected chi connectivity index (χ4v) is 4.94. The van der Waals surface area contributed by atoms with Crippen LogP contribution in [0.1, 0.15) is 37.0 Å². The lowest BCUT2D eigenvalue weighted by Gasteiger charge is -2.38. The quantitative estimate of drug-likeness (QED) is 0.698. The van der Waals surface area contributed by atoms with Crippen LogP contribution >= 0.6 is 0 Å². The van der Waals surface area contributed by atoms with Crippen LogP contribution < -0.4 is 0 Å². The van der Waals surface area contributed by atoms with Crippen LogP contribution in [0.4, 0.5) is 0 Å². The number of carbonyl (C=O) groups excluding carboxylic acids is 2. The van der Waals surface area contributed by atoms with Gasteiger partial charge in [-0.1, -0.05) is 37.6 Å². The highest BCUT2D eigenvalue weighted by Gasteiger charge is 2.28. The van der Waals surface area contributed by atoms with Gasteiger partial charge in [-0.05, 0) is 43.2 Å². The van der Waals surface area contributed by atoms with Gasteiger partial charge in [-0.25, -0.2) is 0 Å². The second kappa shape index (κ2) is 10.6. The zero-order chi connectivity index (χ0) is 22.5. The first-order chi connectivity index (χ1) is 14.7. The Bertz CT molecular complexity index is 763. The lowest BCUT2D eigenvalue weighted by Crippen LogP contribution is -2.53. The van der Waals surface area contributed by atoms with Crippen LogP contribution in [-0.2, 0) is 16.1 Å². The third kappa shape index (κ3) is 6.78. The van der Waals surface area contributed by atoms with Crippen LogP contribution in [0.5, 0.6) is 0 Å². The molecule has 0 radical (unpaired) electrons. The van der Waals surface area contributed by atoms with Crippen LogP contribution in [0, 0.1) is 25.7 Å². The molecule has 0 unspecified atom stereocenters. The molecular formula is C25H40N4O2. The Morgan fingerprint density at radius 2 is 1.55 bits per heavy atom. The molecular weight excluding hydrogens is 388 g/mol. The lowest BCUT2D eigenvalue weighted by atomic mass is 9.92. The maximum atomic E-state index is 12.7. The van der Waals surface area contributed by atoms with Gasteiger partial charge in [0.25, 0.3) is 0 Å². The molecule has 0 aliphatic carbocycles. The van der Waals surface area contributed by atoms with Gasteiger partial charge in [0.1, 0.15) is 0 Å². The molecule has 0 N–H and O–H groups in total. The number of hydrogen-bond acceptors (Lipinski definition) is 4. The van der Waals surface area contributed by atoms with Gasteiger partial charge < -0.3 is 9.80 Å². The summed E-state index contributed by atoms with van der Waals surface area (Å²) in [6, 6.07) is 6.39. The third-order valence-electron chi connectivity index (χ3n) is 6.74. The molecule has 2 heterocycles. The highest BCUT2D eigenvalue weighted by Crippen LogP contribution is 2.21. The minimum absolute atomic E-state index is 0.154. The zero-order valence-corrected chi connectivity index (χ0v) is 20.1.